The van der Waals surface area contributed by atoms with Crippen molar-refractivity contribution in [2.45, 2.75) is 37.6 Å². The van der Waals surface area contributed by atoms with Crippen LogP contribution in [-0.2, 0) is 21.6 Å². The van der Waals surface area contributed by atoms with E-state index >= 15 is 4.39 Å². The predicted octanol–water partition coefficient (Wildman–Crippen LogP) is 2.58. The van der Waals surface area contributed by atoms with Gasteiger partial charge in [-0.05, 0) is 31.0 Å². The van der Waals surface area contributed by atoms with E-state index in [1.165, 1.54) is 24.0 Å². The van der Waals surface area contributed by atoms with Gasteiger partial charge in [-0.1, -0.05) is 17.8 Å². The number of nitrogens with zero attached hydrogens (tertiary/aromatic N) is 2. The van der Waals surface area contributed by atoms with Gasteiger partial charge in [-0.2, -0.15) is 0 Å². The smallest absolute Gasteiger partial charge is 0.154 e. The topological polar surface area (TPSA) is 105 Å². The molecule has 4 N–H and O–H groups in total. The summed E-state index contributed by atoms with van der Waals surface area (Å²) in [5.74, 6) is 0.263. The third-order valence-electron chi connectivity index (χ3n) is 5.96. The molecule has 0 saturated carbocycles. The molecule has 0 aliphatic carbocycles. The number of hydrogen-bond acceptors (Lipinski definition) is 8. The van der Waals surface area contributed by atoms with Crippen LogP contribution in [-0.4, -0.2) is 62.9 Å². The lowest BCUT2D eigenvalue weighted by molar-refractivity contribution is -0.0609. The summed E-state index contributed by atoms with van der Waals surface area (Å²) in [7, 11) is 3.36. The van der Waals surface area contributed by atoms with Gasteiger partial charge in [0.1, 0.15) is 11.4 Å². The highest BCUT2D eigenvalue weighted by Gasteiger charge is 2.50. The van der Waals surface area contributed by atoms with Crippen molar-refractivity contribution in [2.75, 3.05) is 33.1 Å². The van der Waals surface area contributed by atoms with Gasteiger partial charge in [0.05, 0.1) is 25.2 Å². The van der Waals surface area contributed by atoms with E-state index in [-0.39, 0.29) is 36.4 Å². The van der Waals surface area contributed by atoms with Crippen LogP contribution in [0.2, 0.25) is 0 Å². The molecule has 31 heavy (non-hydrogen) atoms. The molecule has 1 aromatic carbocycles. The fourth-order valence-corrected chi connectivity index (χ4v) is 5.31. The van der Waals surface area contributed by atoms with E-state index in [4.69, 9.17) is 25.6 Å². The molecule has 0 amide bonds. The number of rotatable bonds is 9. The minimum Gasteiger partial charge on any atom is -0.383 e. The molecule has 0 spiro atoms. The van der Waals surface area contributed by atoms with E-state index in [1.54, 1.807) is 26.4 Å². The number of hydrogen-bond donors (Lipinski definition) is 3. The standard InChI is InChI=1S/C22H32FN5O2S/c1-14(11-29-3)27-9-15-4-5-19(23)18(6-15)22-13-30-20(16(8-24)10-26-2)7-17(22)12-31-21(25)28-22/h4-6,8,10,14,16-17,20,24,27H,7,9,11-13H2,1-3H3,(H2,25,28). The zero-order valence-electron chi connectivity index (χ0n) is 18.3. The van der Waals surface area contributed by atoms with Crippen LogP contribution < -0.4 is 11.1 Å². The number of amidine groups is 1. The maximum Gasteiger partial charge on any atom is 0.154 e. The lowest BCUT2D eigenvalue weighted by Crippen LogP contribution is -2.52. The maximum atomic E-state index is 15.1. The van der Waals surface area contributed by atoms with Crippen LogP contribution in [0.1, 0.15) is 24.5 Å². The lowest BCUT2D eigenvalue weighted by atomic mass is 9.73. The van der Waals surface area contributed by atoms with Gasteiger partial charge in [-0.15, -0.1) is 0 Å². The molecule has 1 fully saturated rings. The van der Waals surface area contributed by atoms with E-state index in [1.807, 2.05) is 13.0 Å². The van der Waals surface area contributed by atoms with Gasteiger partial charge in [0.25, 0.3) is 0 Å². The van der Waals surface area contributed by atoms with Crippen LogP contribution in [0.25, 0.3) is 0 Å². The first-order valence-electron chi connectivity index (χ1n) is 10.5. The number of ether oxygens (including phenoxy) is 2. The van der Waals surface area contributed by atoms with Crippen molar-refractivity contribution < 1.29 is 13.9 Å². The summed E-state index contributed by atoms with van der Waals surface area (Å²) in [5.41, 5.74) is 6.73. The molecule has 2 aliphatic heterocycles. The highest BCUT2D eigenvalue weighted by atomic mass is 32.2. The molecule has 0 bridgehead atoms. The number of aliphatic imine (C=N–C) groups is 2. The number of halogens is 1. The first-order chi connectivity index (χ1) is 14.9. The molecule has 7 nitrogen and oxygen atoms in total. The monoisotopic (exact) mass is 449 g/mol. The Hall–Kier alpha value is -1.81. The quantitative estimate of drug-likeness (QED) is 0.503. The largest absolute Gasteiger partial charge is 0.383 e. The third kappa shape index (κ3) is 5.34. The second-order valence-corrected chi connectivity index (χ2v) is 9.21. The van der Waals surface area contributed by atoms with Crippen molar-refractivity contribution in [3.63, 3.8) is 0 Å². The summed E-state index contributed by atoms with van der Waals surface area (Å²) >= 11 is 1.49. The molecule has 2 heterocycles. The molecule has 2 aliphatic rings. The van der Waals surface area contributed by atoms with Crippen LogP contribution in [0.5, 0.6) is 0 Å². The van der Waals surface area contributed by atoms with E-state index in [9.17, 15) is 0 Å². The van der Waals surface area contributed by atoms with Crippen LogP contribution >= 0.6 is 11.8 Å². The minimum atomic E-state index is -0.861. The number of methoxy groups -OCH3 is 1. The van der Waals surface area contributed by atoms with Gasteiger partial charge in [-0.25, -0.2) is 9.38 Å². The molecular weight excluding hydrogens is 417 g/mol. The molecule has 0 aromatic heterocycles. The average Bonchev–Trinajstić information content (AvgIpc) is 2.76. The van der Waals surface area contributed by atoms with E-state index in [0.29, 0.717) is 30.3 Å². The second-order valence-electron chi connectivity index (χ2n) is 8.17. The first-order valence-corrected chi connectivity index (χ1v) is 11.5. The molecule has 0 radical (unpaired) electrons. The van der Waals surface area contributed by atoms with Gasteiger partial charge >= 0.3 is 0 Å². The van der Waals surface area contributed by atoms with Crippen molar-refractivity contribution in [2.24, 2.45) is 27.6 Å². The Bertz CT molecular complexity index is 836. The van der Waals surface area contributed by atoms with Crippen LogP contribution in [0.15, 0.2) is 28.2 Å². The number of benzene rings is 1. The maximum absolute atomic E-state index is 15.1. The Kier molecular flexibility index (Phi) is 8.21. The van der Waals surface area contributed by atoms with Crippen molar-refractivity contribution in [1.82, 2.24) is 5.32 Å². The number of nitrogens with one attached hydrogen (secondary N) is 2. The summed E-state index contributed by atoms with van der Waals surface area (Å²) in [6.07, 6.45) is 3.55. The van der Waals surface area contributed by atoms with Gasteiger partial charge in [0.15, 0.2) is 5.17 Å². The number of thioether (sulfide) groups is 1. The highest BCUT2D eigenvalue weighted by Crippen LogP contribution is 2.47. The second kappa shape index (κ2) is 10.7. The molecule has 9 heteroatoms. The van der Waals surface area contributed by atoms with Crippen molar-refractivity contribution >= 4 is 29.4 Å². The molecule has 1 saturated heterocycles. The molecule has 170 valence electrons. The minimum absolute atomic E-state index is 0.0429. The van der Waals surface area contributed by atoms with Gasteiger partial charge in [0.2, 0.25) is 0 Å². The van der Waals surface area contributed by atoms with Gasteiger partial charge < -0.3 is 30.9 Å². The summed E-state index contributed by atoms with van der Waals surface area (Å²) in [6.45, 7) is 3.46. The molecule has 1 aromatic rings. The Balaban J connectivity index is 1.90. The van der Waals surface area contributed by atoms with Crippen LogP contribution in [0.4, 0.5) is 4.39 Å². The summed E-state index contributed by atoms with van der Waals surface area (Å²) < 4.78 is 26.5. The number of nitrogens with two attached hydrogens (primary N) is 1. The van der Waals surface area contributed by atoms with E-state index in [0.717, 1.165) is 11.3 Å². The van der Waals surface area contributed by atoms with Crippen molar-refractivity contribution in [3.8, 4) is 0 Å². The Morgan fingerprint density at radius 1 is 1.55 bits per heavy atom. The lowest BCUT2D eigenvalue weighted by Gasteiger charge is -2.47. The zero-order valence-corrected chi connectivity index (χ0v) is 19.1. The van der Waals surface area contributed by atoms with Gasteiger partial charge in [-0.3, -0.25) is 0 Å². The van der Waals surface area contributed by atoms with Crippen molar-refractivity contribution in [1.29, 1.82) is 5.41 Å². The Labute approximate surface area is 187 Å². The van der Waals surface area contributed by atoms with Crippen LogP contribution in [0.3, 0.4) is 0 Å². The first kappa shape index (κ1) is 23.8. The fraction of sp³-hybridized carbons (Fsp3) is 0.591. The van der Waals surface area contributed by atoms with Crippen molar-refractivity contribution in [3.05, 3.63) is 35.1 Å². The summed E-state index contributed by atoms with van der Waals surface area (Å²) in [5, 5.41) is 11.6. The fourth-order valence-electron chi connectivity index (χ4n) is 4.30. The summed E-state index contributed by atoms with van der Waals surface area (Å²) in [4.78, 5) is 8.82. The predicted molar refractivity (Wildman–Crippen MR) is 125 cm³/mol. The number of fused-ring (bicyclic) bond motifs is 1. The molecular formula is C22H32FN5O2S. The average molecular weight is 450 g/mol. The normalized spacial score (nSPS) is 28.1. The molecule has 5 atom stereocenters. The highest BCUT2D eigenvalue weighted by molar-refractivity contribution is 8.13. The zero-order chi connectivity index (χ0) is 22.4. The van der Waals surface area contributed by atoms with Crippen LogP contribution in [0, 0.1) is 23.1 Å². The Morgan fingerprint density at radius 2 is 2.35 bits per heavy atom. The SMILES string of the molecule is CN=CC(C=N)C1CC2CSC(N)=NC2(c2cc(CNC(C)COC)ccc2F)CO1. The Morgan fingerprint density at radius 3 is 3.06 bits per heavy atom. The summed E-state index contributed by atoms with van der Waals surface area (Å²) in [6, 6.07) is 5.35. The van der Waals surface area contributed by atoms with E-state index < -0.39 is 5.54 Å². The van der Waals surface area contributed by atoms with Gasteiger partial charge in [0, 0.05) is 56.4 Å². The van der Waals surface area contributed by atoms with E-state index in [2.05, 4.69) is 10.3 Å². The third-order valence-corrected chi connectivity index (χ3v) is 6.92. The molecule has 3 rings (SSSR count). The molecule has 5 unspecified atom stereocenters.